The van der Waals surface area contributed by atoms with Crippen molar-refractivity contribution in [2.75, 3.05) is 14.2 Å². The summed E-state index contributed by atoms with van der Waals surface area (Å²) in [6.07, 6.45) is -1.02. The monoisotopic (exact) mass is 482 g/mol. The summed E-state index contributed by atoms with van der Waals surface area (Å²) in [6, 6.07) is 21.8. The van der Waals surface area contributed by atoms with E-state index >= 15 is 0 Å². The molecule has 0 aliphatic carbocycles. The fourth-order valence-electron chi connectivity index (χ4n) is 3.72. The van der Waals surface area contributed by atoms with Crippen molar-refractivity contribution >= 4 is 5.97 Å². The maximum atomic E-state index is 11.8. The minimum atomic E-state index is -1.02. The van der Waals surface area contributed by atoms with Gasteiger partial charge < -0.3 is 14.6 Å². The summed E-state index contributed by atoms with van der Waals surface area (Å²) in [4.78, 5) is 21.1. The molecule has 0 aliphatic rings. The van der Waals surface area contributed by atoms with Crippen LogP contribution in [0.5, 0.6) is 0 Å². The molecule has 3 N–H and O–H groups in total. The Kier molecular flexibility index (Phi) is 6.35. The minimum Gasteiger partial charge on any atom is -0.465 e. The number of H-pyrrole nitrogens is 2. The van der Waals surface area contributed by atoms with E-state index < -0.39 is 12.3 Å². The van der Waals surface area contributed by atoms with E-state index in [9.17, 15) is 9.90 Å². The number of methoxy groups -OCH3 is 2. The third-order valence-electron chi connectivity index (χ3n) is 5.58. The van der Waals surface area contributed by atoms with E-state index in [4.69, 9.17) is 9.47 Å². The largest absolute Gasteiger partial charge is 0.465 e. The second-order valence-corrected chi connectivity index (χ2v) is 7.88. The molecule has 1 unspecified atom stereocenters. The van der Waals surface area contributed by atoms with Crippen molar-refractivity contribution in [3.05, 3.63) is 83.9 Å². The quantitative estimate of drug-likeness (QED) is 0.234. The smallest absolute Gasteiger partial charge is 0.337 e. The van der Waals surface area contributed by atoms with Crippen LogP contribution in [-0.2, 0) is 9.47 Å². The minimum absolute atomic E-state index is 0.423. The molecule has 10 nitrogen and oxygen atoms in total. The molecule has 3 aromatic carbocycles. The number of aromatic amines is 2. The molecule has 1 atom stereocenters. The molecule has 0 fully saturated rings. The Labute approximate surface area is 206 Å². The van der Waals surface area contributed by atoms with Crippen LogP contribution in [-0.4, -0.2) is 55.7 Å². The van der Waals surface area contributed by atoms with Crippen LogP contribution >= 0.6 is 0 Å². The third-order valence-corrected chi connectivity index (χ3v) is 5.58. The number of aliphatic hydroxyl groups is 1. The van der Waals surface area contributed by atoms with Crippen LogP contribution in [0, 0.1) is 0 Å². The highest BCUT2D eigenvalue weighted by Gasteiger charge is 2.14. The zero-order valence-electron chi connectivity index (χ0n) is 19.5. The third kappa shape index (κ3) is 4.63. The van der Waals surface area contributed by atoms with E-state index in [0.29, 0.717) is 40.0 Å². The van der Waals surface area contributed by atoms with E-state index in [-0.39, 0.29) is 0 Å². The van der Waals surface area contributed by atoms with Gasteiger partial charge in [-0.3, -0.25) is 10.2 Å². The highest BCUT2D eigenvalue weighted by Crippen LogP contribution is 2.27. The molecule has 2 heterocycles. The molecule has 5 aromatic rings. The lowest BCUT2D eigenvalue weighted by Gasteiger charge is -2.08. The second kappa shape index (κ2) is 9.90. The molecule has 0 saturated carbocycles. The molecule has 0 saturated heterocycles. The summed E-state index contributed by atoms with van der Waals surface area (Å²) in [5.74, 6) is 1.67. The van der Waals surface area contributed by atoms with Crippen molar-refractivity contribution in [3.8, 4) is 45.6 Å². The zero-order chi connectivity index (χ0) is 25.1. The standard InChI is InChI=1S/C26H22N6O4/c1-35-25(33)19-10-4-8-17(13-19)23-27-21(29-31-23)15-6-3-7-16(12-15)22-28-24(32-30-22)18-9-5-11-20(14-18)26(34)36-2/h3-14,25,33H,1-2H3,(H,27,29,31)(H,28,30,32). The first-order valence-electron chi connectivity index (χ1n) is 11.0. The average Bonchev–Trinajstić information content (AvgIpc) is 3.63. The van der Waals surface area contributed by atoms with Crippen molar-refractivity contribution in [1.29, 1.82) is 0 Å². The molecule has 2 aromatic heterocycles. The lowest BCUT2D eigenvalue weighted by molar-refractivity contribution is -0.0769. The number of esters is 1. The highest BCUT2D eigenvalue weighted by molar-refractivity contribution is 5.90. The Morgan fingerprint density at radius 1 is 0.778 bits per heavy atom. The molecule has 0 aliphatic heterocycles. The van der Waals surface area contributed by atoms with Crippen LogP contribution in [0.4, 0.5) is 0 Å². The summed E-state index contributed by atoms with van der Waals surface area (Å²) < 4.78 is 9.77. The summed E-state index contributed by atoms with van der Waals surface area (Å²) >= 11 is 0. The maximum Gasteiger partial charge on any atom is 0.337 e. The maximum absolute atomic E-state index is 11.8. The fourth-order valence-corrected chi connectivity index (χ4v) is 3.72. The predicted molar refractivity (Wildman–Crippen MR) is 131 cm³/mol. The van der Waals surface area contributed by atoms with Crippen molar-refractivity contribution in [1.82, 2.24) is 30.4 Å². The molecule has 0 bridgehead atoms. The number of nitrogens with zero attached hydrogens (tertiary/aromatic N) is 4. The van der Waals surface area contributed by atoms with Crippen molar-refractivity contribution in [3.63, 3.8) is 0 Å². The van der Waals surface area contributed by atoms with Crippen LogP contribution in [0.3, 0.4) is 0 Å². The van der Waals surface area contributed by atoms with Crippen molar-refractivity contribution in [2.45, 2.75) is 6.29 Å². The van der Waals surface area contributed by atoms with Gasteiger partial charge in [-0.25, -0.2) is 14.8 Å². The van der Waals surface area contributed by atoms with Crippen LogP contribution in [0.15, 0.2) is 72.8 Å². The van der Waals surface area contributed by atoms with Gasteiger partial charge >= 0.3 is 5.97 Å². The highest BCUT2D eigenvalue weighted by atomic mass is 16.6. The first kappa shape index (κ1) is 23.1. The van der Waals surface area contributed by atoms with Gasteiger partial charge in [0.05, 0.1) is 12.7 Å². The molecule has 5 rings (SSSR count). The van der Waals surface area contributed by atoms with Gasteiger partial charge in [0.2, 0.25) is 0 Å². The van der Waals surface area contributed by atoms with Gasteiger partial charge in [0.25, 0.3) is 0 Å². The SMILES string of the molecule is COC(=O)c1cccc(-c2n[nH]c(-c3cccc(-c4nc(-c5cccc(C(O)OC)c5)n[nH]4)c3)n2)c1. The second-order valence-electron chi connectivity index (χ2n) is 7.88. The topological polar surface area (TPSA) is 139 Å². The summed E-state index contributed by atoms with van der Waals surface area (Å²) in [5, 5.41) is 24.5. The number of hydrogen-bond donors (Lipinski definition) is 3. The van der Waals surface area contributed by atoms with E-state index in [2.05, 4.69) is 30.4 Å². The molecular weight excluding hydrogens is 460 g/mol. The number of benzene rings is 3. The lowest BCUT2D eigenvalue weighted by atomic mass is 10.1. The first-order chi connectivity index (χ1) is 17.6. The number of hydrogen-bond acceptors (Lipinski definition) is 8. The number of carbonyl (C=O) groups is 1. The van der Waals surface area contributed by atoms with E-state index in [1.54, 1.807) is 30.3 Å². The van der Waals surface area contributed by atoms with Gasteiger partial charge in [0, 0.05) is 34.9 Å². The molecular formula is C26H22N6O4. The first-order valence-corrected chi connectivity index (χ1v) is 11.0. The van der Waals surface area contributed by atoms with Gasteiger partial charge in [-0.1, -0.05) is 48.5 Å². The number of rotatable bonds is 7. The fraction of sp³-hybridized carbons (Fsp3) is 0.115. The number of carbonyl (C=O) groups excluding carboxylic acids is 1. The van der Waals surface area contributed by atoms with Gasteiger partial charge in [-0.05, 0) is 24.3 Å². The Balaban J connectivity index is 1.41. The molecule has 10 heteroatoms. The van der Waals surface area contributed by atoms with E-state index in [0.717, 1.165) is 16.7 Å². The van der Waals surface area contributed by atoms with Gasteiger partial charge in [-0.2, -0.15) is 10.2 Å². The Morgan fingerprint density at radius 3 is 1.94 bits per heavy atom. The van der Waals surface area contributed by atoms with Crippen LogP contribution in [0.25, 0.3) is 45.6 Å². The Bertz CT molecular complexity index is 1530. The Morgan fingerprint density at radius 2 is 1.33 bits per heavy atom. The van der Waals surface area contributed by atoms with Crippen molar-refractivity contribution in [2.24, 2.45) is 0 Å². The average molecular weight is 483 g/mol. The predicted octanol–water partition coefficient (Wildman–Crippen LogP) is 4.01. The normalized spacial score (nSPS) is 11.9. The molecule has 36 heavy (non-hydrogen) atoms. The number of aromatic nitrogens is 6. The van der Waals surface area contributed by atoms with Crippen LogP contribution < -0.4 is 0 Å². The van der Waals surface area contributed by atoms with Gasteiger partial charge in [0.1, 0.15) is 0 Å². The molecule has 0 radical (unpaired) electrons. The summed E-state index contributed by atoms with van der Waals surface area (Å²) in [6.45, 7) is 0. The summed E-state index contributed by atoms with van der Waals surface area (Å²) in [7, 11) is 2.78. The Hall–Kier alpha value is -4.67. The zero-order valence-corrected chi connectivity index (χ0v) is 19.5. The van der Waals surface area contributed by atoms with Crippen LogP contribution in [0.1, 0.15) is 22.2 Å². The number of nitrogens with one attached hydrogen (secondary N) is 2. The van der Waals surface area contributed by atoms with Crippen molar-refractivity contribution < 1.29 is 19.4 Å². The van der Waals surface area contributed by atoms with Gasteiger partial charge in [-0.15, -0.1) is 0 Å². The number of aliphatic hydroxyl groups excluding tert-OH is 1. The molecule has 0 amide bonds. The molecule has 0 spiro atoms. The van der Waals surface area contributed by atoms with Gasteiger partial charge in [0.15, 0.2) is 29.6 Å². The van der Waals surface area contributed by atoms with E-state index in [1.165, 1.54) is 14.2 Å². The lowest BCUT2D eigenvalue weighted by Crippen LogP contribution is -2.00. The van der Waals surface area contributed by atoms with Crippen LogP contribution in [0.2, 0.25) is 0 Å². The van der Waals surface area contributed by atoms with E-state index in [1.807, 2.05) is 42.5 Å². The molecule has 180 valence electrons. The summed E-state index contributed by atoms with van der Waals surface area (Å²) in [5.41, 5.74) is 4.09. The number of ether oxygens (including phenoxy) is 2.